The van der Waals surface area contributed by atoms with E-state index in [2.05, 4.69) is 20.2 Å². The fraction of sp³-hybridized carbons (Fsp3) is 0.421. The second-order valence-corrected chi connectivity index (χ2v) is 6.34. The molecule has 1 aliphatic heterocycles. The van der Waals surface area contributed by atoms with Crippen molar-refractivity contribution in [2.24, 2.45) is 5.92 Å². The van der Waals surface area contributed by atoms with Crippen LogP contribution in [0.2, 0.25) is 0 Å². The van der Waals surface area contributed by atoms with Crippen LogP contribution in [-0.2, 0) is 11.3 Å². The van der Waals surface area contributed by atoms with Gasteiger partial charge in [0.2, 0.25) is 17.7 Å². The molecule has 1 atom stereocenters. The van der Waals surface area contributed by atoms with Gasteiger partial charge in [-0.2, -0.15) is 4.98 Å². The number of methoxy groups -OCH3 is 1. The molecule has 0 unspecified atom stereocenters. The lowest BCUT2D eigenvalue weighted by atomic mass is 9.97. The molecule has 6 heteroatoms. The van der Waals surface area contributed by atoms with Gasteiger partial charge in [-0.15, -0.1) is 0 Å². The summed E-state index contributed by atoms with van der Waals surface area (Å²) < 4.78 is 5.23. The van der Waals surface area contributed by atoms with E-state index in [9.17, 15) is 4.79 Å². The summed E-state index contributed by atoms with van der Waals surface area (Å²) in [6.45, 7) is 3.97. The number of amides is 1. The zero-order chi connectivity index (χ0) is 17.6. The number of ether oxygens (including phenoxy) is 1. The Hall–Kier alpha value is -2.63. The molecule has 0 aliphatic carbocycles. The van der Waals surface area contributed by atoms with Crippen LogP contribution in [0, 0.1) is 12.8 Å². The van der Waals surface area contributed by atoms with Gasteiger partial charge in [0.25, 0.3) is 0 Å². The van der Waals surface area contributed by atoms with Crippen molar-refractivity contribution in [1.29, 1.82) is 0 Å². The molecule has 6 nitrogen and oxygen atoms in total. The summed E-state index contributed by atoms with van der Waals surface area (Å²) in [5.41, 5.74) is 1.97. The van der Waals surface area contributed by atoms with Crippen molar-refractivity contribution in [3.8, 4) is 5.88 Å². The first-order chi connectivity index (χ1) is 12.2. The minimum atomic E-state index is -0.0485. The highest BCUT2D eigenvalue weighted by Gasteiger charge is 2.27. The topological polar surface area (TPSA) is 67.3 Å². The molecule has 25 heavy (non-hydrogen) atoms. The monoisotopic (exact) mass is 340 g/mol. The van der Waals surface area contributed by atoms with Crippen LogP contribution < -0.4 is 15.0 Å². The van der Waals surface area contributed by atoms with Crippen LogP contribution in [0.4, 0.5) is 5.95 Å². The predicted molar refractivity (Wildman–Crippen MR) is 96.5 cm³/mol. The van der Waals surface area contributed by atoms with E-state index in [4.69, 9.17) is 4.74 Å². The number of carbonyl (C=O) groups excluding carboxylic acids is 1. The van der Waals surface area contributed by atoms with Gasteiger partial charge in [-0.3, -0.25) is 4.79 Å². The van der Waals surface area contributed by atoms with Crippen LogP contribution in [0.3, 0.4) is 0 Å². The van der Waals surface area contributed by atoms with Gasteiger partial charge >= 0.3 is 0 Å². The van der Waals surface area contributed by atoms with Gasteiger partial charge in [-0.05, 0) is 25.3 Å². The Labute approximate surface area is 148 Å². The van der Waals surface area contributed by atoms with Crippen molar-refractivity contribution in [3.63, 3.8) is 0 Å². The average Bonchev–Trinajstić information content (AvgIpc) is 2.66. The number of hydrogen-bond acceptors (Lipinski definition) is 5. The Kier molecular flexibility index (Phi) is 5.48. The Morgan fingerprint density at radius 2 is 2.12 bits per heavy atom. The van der Waals surface area contributed by atoms with E-state index in [1.54, 1.807) is 13.2 Å². The van der Waals surface area contributed by atoms with Gasteiger partial charge in [0.15, 0.2) is 0 Å². The third-order valence-electron chi connectivity index (χ3n) is 4.41. The minimum absolute atomic E-state index is 0.0485. The number of benzene rings is 1. The molecule has 1 aromatic heterocycles. The summed E-state index contributed by atoms with van der Waals surface area (Å²) >= 11 is 0. The first-order valence-electron chi connectivity index (χ1n) is 8.62. The molecule has 132 valence electrons. The summed E-state index contributed by atoms with van der Waals surface area (Å²) in [6, 6.07) is 11.8. The Morgan fingerprint density at radius 1 is 1.32 bits per heavy atom. The third-order valence-corrected chi connectivity index (χ3v) is 4.41. The number of anilines is 1. The molecular weight excluding hydrogens is 316 g/mol. The second kappa shape index (κ2) is 7.96. The standard InChI is InChI=1S/C19H24N4O2/c1-14-11-17(25-2)22-19(21-14)23-10-6-9-16(13-23)18(24)20-12-15-7-4-3-5-8-15/h3-5,7-8,11,16H,6,9-10,12-13H2,1-2H3,(H,20,24)/t16-/m1/s1. The maximum atomic E-state index is 12.5. The van der Waals surface area contributed by atoms with Gasteiger partial charge in [0.05, 0.1) is 13.0 Å². The van der Waals surface area contributed by atoms with E-state index in [-0.39, 0.29) is 11.8 Å². The van der Waals surface area contributed by atoms with E-state index in [0.717, 1.165) is 30.6 Å². The number of nitrogens with zero attached hydrogens (tertiary/aromatic N) is 3. The maximum Gasteiger partial charge on any atom is 0.228 e. The molecule has 0 spiro atoms. The largest absolute Gasteiger partial charge is 0.481 e. The quantitative estimate of drug-likeness (QED) is 0.905. The lowest BCUT2D eigenvalue weighted by Gasteiger charge is -2.32. The molecule has 0 bridgehead atoms. The Morgan fingerprint density at radius 3 is 2.88 bits per heavy atom. The molecule has 2 aromatic rings. The van der Waals surface area contributed by atoms with Crippen molar-refractivity contribution in [1.82, 2.24) is 15.3 Å². The molecule has 1 amide bonds. The SMILES string of the molecule is COc1cc(C)nc(N2CCC[C@@H](C(=O)NCc3ccccc3)C2)n1. The first kappa shape index (κ1) is 17.2. The molecule has 1 aromatic carbocycles. The van der Waals surface area contributed by atoms with Gasteiger partial charge in [-0.25, -0.2) is 4.98 Å². The highest BCUT2D eigenvalue weighted by molar-refractivity contribution is 5.79. The minimum Gasteiger partial charge on any atom is -0.481 e. The molecular formula is C19H24N4O2. The zero-order valence-electron chi connectivity index (χ0n) is 14.7. The molecule has 0 saturated carbocycles. The second-order valence-electron chi connectivity index (χ2n) is 6.34. The van der Waals surface area contributed by atoms with Crippen LogP contribution >= 0.6 is 0 Å². The number of piperidine rings is 1. The summed E-state index contributed by atoms with van der Waals surface area (Å²) in [4.78, 5) is 23.5. The summed E-state index contributed by atoms with van der Waals surface area (Å²) in [5, 5.41) is 3.04. The van der Waals surface area contributed by atoms with Crippen LogP contribution in [0.1, 0.15) is 24.1 Å². The number of hydrogen-bond donors (Lipinski definition) is 1. The lowest BCUT2D eigenvalue weighted by Crippen LogP contribution is -2.43. The van der Waals surface area contributed by atoms with Crippen LogP contribution in [0.15, 0.2) is 36.4 Å². The van der Waals surface area contributed by atoms with Gasteiger partial charge in [0, 0.05) is 31.4 Å². The highest BCUT2D eigenvalue weighted by atomic mass is 16.5. The molecule has 1 saturated heterocycles. The van der Waals surface area contributed by atoms with Crippen molar-refractivity contribution < 1.29 is 9.53 Å². The van der Waals surface area contributed by atoms with E-state index < -0.39 is 0 Å². The third kappa shape index (κ3) is 4.47. The van der Waals surface area contributed by atoms with Gasteiger partial charge < -0.3 is 15.0 Å². The number of aryl methyl sites for hydroxylation is 1. The lowest BCUT2D eigenvalue weighted by molar-refractivity contribution is -0.125. The molecule has 0 radical (unpaired) electrons. The van der Waals surface area contributed by atoms with Crippen molar-refractivity contribution in [2.75, 3.05) is 25.1 Å². The van der Waals surface area contributed by atoms with Gasteiger partial charge in [0.1, 0.15) is 0 Å². The Bertz CT molecular complexity index is 721. The van der Waals surface area contributed by atoms with Crippen molar-refractivity contribution in [3.05, 3.63) is 47.7 Å². The molecule has 2 heterocycles. The molecule has 1 fully saturated rings. The zero-order valence-corrected chi connectivity index (χ0v) is 14.7. The number of rotatable bonds is 5. The number of nitrogens with one attached hydrogen (secondary N) is 1. The van der Waals surface area contributed by atoms with E-state index in [0.29, 0.717) is 24.9 Å². The normalized spacial score (nSPS) is 17.2. The average molecular weight is 340 g/mol. The fourth-order valence-corrected chi connectivity index (χ4v) is 3.07. The van der Waals surface area contributed by atoms with Gasteiger partial charge in [-0.1, -0.05) is 30.3 Å². The maximum absolute atomic E-state index is 12.5. The van der Waals surface area contributed by atoms with E-state index >= 15 is 0 Å². The molecule has 1 aliphatic rings. The molecule has 3 rings (SSSR count). The number of carbonyl (C=O) groups is 1. The van der Waals surface area contributed by atoms with Crippen molar-refractivity contribution >= 4 is 11.9 Å². The Balaban J connectivity index is 1.62. The molecule has 1 N–H and O–H groups in total. The van der Waals surface area contributed by atoms with E-state index in [1.165, 1.54) is 0 Å². The number of aromatic nitrogens is 2. The van der Waals surface area contributed by atoms with Crippen LogP contribution in [0.5, 0.6) is 5.88 Å². The fourth-order valence-electron chi connectivity index (χ4n) is 3.07. The summed E-state index contributed by atoms with van der Waals surface area (Å²) in [7, 11) is 1.60. The summed E-state index contributed by atoms with van der Waals surface area (Å²) in [5.74, 6) is 1.23. The van der Waals surface area contributed by atoms with Crippen LogP contribution in [0.25, 0.3) is 0 Å². The first-order valence-corrected chi connectivity index (χ1v) is 8.62. The highest BCUT2D eigenvalue weighted by Crippen LogP contribution is 2.22. The van der Waals surface area contributed by atoms with E-state index in [1.807, 2.05) is 37.3 Å². The van der Waals surface area contributed by atoms with Crippen molar-refractivity contribution in [2.45, 2.75) is 26.3 Å². The van der Waals surface area contributed by atoms with Crippen LogP contribution in [-0.4, -0.2) is 36.1 Å². The predicted octanol–water partition coefficient (Wildman–Crippen LogP) is 2.33. The smallest absolute Gasteiger partial charge is 0.228 e. The summed E-state index contributed by atoms with van der Waals surface area (Å²) in [6.07, 6.45) is 1.84.